The van der Waals surface area contributed by atoms with E-state index < -0.39 is 35.9 Å². The average molecular weight is 368 g/mol. The number of ketones is 2. The van der Waals surface area contributed by atoms with Gasteiger partial charge in [0, 0.05) is 30.6 Å². The van der Waals surface area contributed by atoms with Crippen LogP contribution in [0, 0.1) is 11.8 Å². The highest BCUT2D eigenvalue weighted by Crippen LogP contribution is 2.59. The van der Waals surface area contributed by atoms with Gasteiger partial charge in [0.2, 0.25) is 0 Å². The molecule has 2 unspecified atom stereocenters. The lowest BCUT2D eigenvalue weighted by Crippen LogP contribution is -2.50. The van der Waals surface area contributed by atoms with Crippen LogP contribution >= 0.6 is 0 Å². The smallest absolute Gasteiger partial charge is 0.169 e. The normalized spacial score (nSPS) is 36.4. The zero-order chi connectivity index (χ0) is 19.0. The van der Waals surface area contributed by atoms with Crippen molar-refractivity contribution in [3.63, 3.8) is 0 Å². The molecule has 0 spiro atoms. The first kappa shape index (κ1) is 16.7. The highest BCUT2D eigenvalue weighted by atomic mass is 16.5. The van der Waals surface area contributed by atoms with Gasteiger partial charge in [-0.1, -0.05) is 17.7 Å². The van der Waals surface area contributed by atoms with E-state index in [1.54, 1.807) is 12.1 Å². The molecule has 0 bridgehead atoms. The summed E-state index contributed by atoms with van der Waals surface area (Å²) in [4.78, 5) is 25.3. The van der Waals surface area contributed by atoms with Crippen LogP contribution in [-0.4, -0.2) is 46.2 Å². The van der Waals surface area contributed by atoms with Gasteiger partial charge >= 0.3 is 0 Å². The lowest BCUT2D eigenvalue weighted by molar-refractivity contribution is -0.131. The molecule has 4 aliphatic rings. The first-order valence-electron chi connectivity index (χ1n) is 9.17. The van der Waals surface area contributed by atoms with E-state index >= 15 is 0 Å². The van der Waals surface area contributed by atoms with Crippen molar-refractivity contribution in [3.8, 4) is 5.75 Å². The number of ether oxygens (including phenoxy) is 1. The molecule has 1 aromatic rings. The first-order chi connectivity index (χ1) is 12.9. The predicted octanol–water partition coefficient (Wildman–Crippen LogP) is 1.77. The third-order valence-electron chi connectivity index (χ3n) is 6.62. The third kappa shape index (κ3) is 2.02. The number of methoxy groups -OCH3 is 1. The fourth-order valence-corrected chi connectivity index (χ4v) is 5.65. The van der Waals surface area contributed by atoms with Crippen LogP contribution in [0.3, 0.4) is 0 Å². The summed E-state index contributed by atoms with van der Waals surface area (Å²) in [6.07, 6.45) is 1.37. The quantitative estimate of drug-likeness (QED) is 0.698. The van der Waals surface area contributed by atoms with Crippen LogP contribution in [-0.2, 0) is 4.79 Å². The summed E-state index contributed by atoms with van der Waals surface area (Å²) >= 11 is 0. The van der Waals surface area contributed by atoms with Crippen molar-refractivity contribution in [2.24, 2.45) is 11.8 Å². The number of carbonyl (C=O) groups is 2. The van der Waals surface area contributed by atoms with Crippen LogP contribution in [0.4, 0.5) is 0 Å². The molecule has 0 radical (unpaired) electrons. The molecule has 0 saturated heterocycles. The van der Waals surface area contributed by atoms with Crippen LogP contribution in [0.1, 0.15) is 46.2 Å². The van der Waals surface area contributed by atoms with Gasteiger partial charge in [-0.2, -0.15) is 0 Å². The van der Waals surface area contributed by atoms with Gasteiger partial charge in [0.15, 0.2) is 5.78 Å². The Morgan fingerprint density at radius 3 is 2.52 bits per heavy atom. The topological polar surface area (TPSA) is 104 Å². The maximum Gasteiger partial charge on any atom is 0.169 e. The summed E-state index contributed by atoms with van der Waals surface area (Å²) in [6, 6.07) is 3.54. The molecular weight excluding hydrogens is 348 g/mol. The molecule has 0 heterocycles. The average Bonchev–Trinajstić information content (AvgIpc) is 2.63. The van der Waals surface area contributed by atoms with Gasteiger partial charge in [-0.05, 0) is 23.3 Å². The van der Waals surface area contributed by atoms with Crippen LogP contribution in [0.5, 0.6) is 5.75 Å². The fourth-order valence-electron chi connectivity index (χ4n) is 5.65. The van der Waals surface area contributed by atoms with Crippen molar-refractivity contribution >= 4 is 11.6 Å². The van der Waals surface area contributed by atoms with E-state index in [-0.39, 0.29) is 30.2 Å². The monoisotopic (exact) mass is 368 g/mol. The van der Waals surface area contributed by atoms with Gasteiger partial charge in [0.25, 0.3) is 0 Å². The predicted molar refractivity (Wildman–Crippen MR) is 94.8 cm³/mol. The summed E-state index contributed by atoms with van der Waals surface area (Å²) < 4.78 is 5.40. The number of Topliss-reactive ketones (excluding diaryl/α,β-unsaturated/α-hetero) is 2. The highest BCUT2D eigenvalue weighted by molar-refractivity contribution is 6.03. The van der Waals surface area contributed by atoms with E-state index in [1.807, 2.05) is 6.07 Å². The van der Waals surface area contributed by atoms with Gasteiger partial charge < -0.3 is 20.1 Å². The molecule has 0 aromatic heterocycles. The van der Waals surface area contributed by atoms with E-state index in [0.29, 0.717) is 16.9 Å². The lowest BCUT2D eigenvalue weighted by Gasteiger charge is -2.51. The van der Waals surface area contributed by atoms with E-state index in [2.05, 4.69) is 0 Å². The van der Waals surface area contributed by atoms with E-state index in [1.165, 1.54) is 13.2 Å². The number of aliphatic hydroxyl groups excluding tert-OH is 3. The minimum Gasteiger partial charge on any atom is -0.512 e. The number of carbonyl (C=O) groups excluding carboxylic acids is 2. The molecule has 5 rings (SSSR count). The van der Waals surface area contributed by atoms with Crippen molar-refractivity contribution in [3.05, 3.63) is 52.3 Å². The summed E-state index contributed by atoms with van der Waals surface area (Å²) in [6.45, 7) is 0. The second-order valence-corrected chi connectivity index (χ2v) is 7.84. The Hall–Kier alpha value is -2.44. The Morgan fingerprint density at radius 2 is 1.78 bits per heavy atom. The van der Waals surface area contributed by atoms with E-state index in [0.717, 1.165) is 11.1 Å². The van der Waals surface area contributed by atoms with Crippen molar-refractivity contribution in [2.45, 2.75) is 36.9 Å². The van der Waals surface area contributed by atoms with Crippen LogP contribution in [0.25, 0.3) is 0 Å². The molecule has 6 heteroatoms. The number of aliphatic hydroxyl groups is 3. The second-order valence-electron chi connectivity index (χ2n) is 7.84. The minimum atomic E-state index is -0.911. The van der Waals surface area contributed by atoms with Crippen molar-refractivity contribution in [1.82, 2.24) is 0 Å². The SMILES string of the molecule is COc1ccc2c3c1C(=O)C[C@@H](O)[C@@H]3C1=CC=C(O)C3C(=O)C[C@@H](O)[C@H]2C13. The summed E-state index contributed by atoms with van der Waals surface area (Å²) in [7, 11) is 1.50. The van der Waals surface area contributed by atoms with Gasteiger partial charge in [0.1, 0.15) is 17.3 Å². The fraction of sp³-hybridized carbons (Fsp3) is 0.429. The Bertz CT molecular complexity index is 942. The molecule has 0 aliphatic heterocycles. The number of fused-ring (bicyclic) bond motifs is 2. The van der Waals surface area contributed by atoms with Crippen LogP contribution in [0.2, 0.25) is 0 Å². The van der Waals surface area contributed by atoms with Crippen molar-refractivity contribution in [1.29, 1.82) is 0 Å². The zero-order valence-corrected chi connectivity index (χ0v) is 14.8. The molecule has 27 heavy (non-hydrogen) atoms. The van der Waals surface area contributed by atoms with Crippen molar-refractivity contribution < 1.29 is 29.6 Å². The van der Waals surface area contributed by atoms with Crippen LogP contribution in [0.15, 0.2) is 35.6 Å². The van der Waals surface area contributed by atoms with Crippen LogP contribution < -0.4 is 4.74 Å². The molecule has 1 fully saturated rings. The standard InChI is InChI=1S/C21H20O6/c1-27-15-5-3-9-16-11(23)6-13(25)20-10(22)4-2-8(18(16)20)17-12(24)7-14(26)21(15)19(9)17/h2-5,11-12,16-18,20,22-24H,6-7H2,1H3/t11-,12-,16+,17+,18?,20?/m1/s1. The summed E-state index contributed by atoms with van der Waals surface area (Å²) in [5, 5.41) is 31.9. The molecule has 1 aromatic carbocycles. The maximum atomic E-state index is 12.7. The Balaban J connectivity index is 1.84. The summed E-state index contributed by atoms with van der Waals surface area (Å²) in [5.74, 6) is -1.89. The van der Waals surface area contributed by atoms with Gasteiger partial charge in [-0.15, -0.1) is 0 Å². The second kappa shape index (κ2) is 5.53. The highest BCUT2D eigenvalue weighted by Gasteiger charge is 2.56. The third-order valence-corrected chi connectivity index (χ3v) is 6.62. The van der Waals surface area contributed by atoms with E-state index in [4.69, 9.17) is 4.74 Å². The Morgan fingerprint density at radius 1 is 1.00 bits per heavy atom. The molecule has 4 aliphatic carbocycles. The number of allylic oxidation sites excluding steroid dienone is 3. The largest absolute Gasteiger partial charge is 0.512 e. The van der Waals surface area contributed by atoms with Gasteiger partial charge in [-0.3, -0.25) is 9.59 Å². The lowest BCUT2D eigenvalue weighted by atomic mass is 9.53. The number of rotatable bonds is 1. The Kier molecular flexibility index (Phi) is 3.42. The summed E-state index contributed by atoms with van der Waals surface area (Å²) in [5.41, 5.74) is 2.73. The van der Waals surface area contributed by atoms with Gasteiger partial charge in [0.05, 0.1) is 30.8 Å². The minimum absolute atomic E-state index is 0.00390. The van der Waals surface area contributed by atoms with Crippen molar-refractivity contribution in [2.75, 3.05) is 7.11 Å². The molecule has 6 atom stereocenters. The molecule has 140 valence electrons. The molecule has 1 saturated carbocycles. The molecule has 0 amide bonds. The van der Waals surface area contributed by atoms with E-state index in [9.17, 15) is 24.9 Å². The number of hydrogen-bond donors (Lipinski definition) is 3. The van der Waals surface area contributed by atoms with Gasteiger partial charge in [-0.25, -0.2) is 0 Å². The number of benzene rings is 1. The Labute approximate surface area is 155 Å². The molecule has 3 N–H and O–H groups in total. The first-order valence-corrected chi connectivity index (χ1v) is 9.17. The zero-order valence-electron chi connectivity index (χ0n) is 14.8. The molecule has 6 nitrogen and oxygen atoms in total. The maximum absolute atomic E-state index is 12.7. The molecular formula is C21H20O6. The number of hydrogen-bond acceptors (Lipinski definition) is 6.